The van der Waals surface area contributed by atoms with Gasteiger partial charge in [0.1, 0.15) is 10.9 Å². The molecule has 0 spiro atoms. The number of para-hydroxylation sites is 1. The molecule has 0 bridgehead atoms. The SMILES string of the molecule is CCc1c(C)nc(-c2ccccc2OC)nc1Cl. The number of aromatic nitrogens is 2. The predicted molar refractivity (Wildman–Crippen MR) is 73.1 cm³/mol. The Balaban J connectivity index is 2.58. The third kappa shape index (κ3) is 2.31. The van der Waals surface area contributed by atoms with Crippen LogP contribution in [0.25, 0.3) is 11.4 Å². The Kier molecular flexibility index (Phi) is 3.82. The average molecular weight is 263 g/mol. The maximum Gasteiger partial charge on any atom is 0.164 e. The summed E-state index contributed by atoms with van der Waals surface area (Å²) < 4.78 is 5.31. The van der Waals surface area contributed by atoms with Crippen LogP contribution < -0.4 is 4.74 Å². The summed E-state index contributed by atoms with van der Waals surface area (Å²) >= 11 is 6.19. The Morgan fingerprint density at radius 1 is 1.22 bits per heavy atom. The van der Waals surface area contributed by atoms with Crippen LogP contribution in [0.3, 0.4) is 0 Å². The monoisotopic (exact) mass is 262 g/mol. The number of halogens is 1. The molecular weight excluding hydrogens is 248 g/mol. The zero-order valence-electron chi connectivity index (χ0n) is 10.7. The lowest BCUT2D eigenvalue weighted by molar-refractivity contribution is 0.416. The fourth-order valence-corrected chi connectivity index (χ4v) is 2.26. The van der Waals surface area contributed by atoms with Gasteiger partial charge < -0.3 is 4.74 Å². The number of rotatable bonds is 3. The lowest BCUT2D eigenvalue weighted by atomic mass is 10.1. The van der Waals surface area contributed by atoms with Crippen LogP contribution in [0.4, 0.5) is 0 Å². The molecule has 1 aromatic heterocycles. The number of hydrogen-bond acceptors (Lipinski definition) is 3. The highest BCUT2D eigenvalue weighted by molar-refractivity contribution is 6.30. The van der Waals surface area contributed by atoms with Gasteiger partial charge in [-0.05, 0) is 25.5 Å². The summed E-state index contributed by atoms with van der Waals surface area (Å²) in [4.78, 5) is 8.87. The van der Waals surface area contributed by atoms with Crippen molar-refractivity contribution < 1.29 is 4.74 Å². The maximum absolute atomic E-state index is 6.19. The van der Waals surface area contributed by atoms with Crippen molar-refractivity contribution in [1.82, 2.24) is 9.97 Å². The number of methoxy groups -OCH3 is 1. The Labute approximate surface area is 112 Å². The molecule has 0 fully saturated rings. The number of hydrogen-bond donors (Lipinski definition) is 0. The van der Waals surface area contributed by atoms with E-state index in [-0.39, 0.29) is 0 Å². The largest absolute Gasteiger partial charge is 0.496 e. The summed E-state index contributed by atoms with van der Waals surface area (Å²) in [6, 6.07) is 7.65. The zero-order valence-corrected chi connectivity index (χ0v) is 11.5. The molecule has 0 atom stereocenters. The fourth-order valence-electron chi connectivity index (χ4n) is 1.91. The molecular formula is C14H15ClN2O. The lowest BCUT2D eigenvalue weighted by Crippen LogP contribution is -2.00. The maximum atomic E-state index is 6.19. The smallest absolute Gasteiger partial charge is 0.164 e. The van der Waals surface area contributed by atoms with E-state index in [0.717, 1.165) is 29.0 Å². The van der Waals surface area contributed by atoms with Gasteiger partial charge in [0.2, 0.25) is 0 Å². The molecule has 3 nitrogen and oxygen atoms in total. The van der Waals surface area contributed by atoms with Crippen molar-refractivity contribution in [3.8, 4) is 17.1 Å². The third-order valence-electron chi connectivity index (χ3n) is 2.86. The minimum absolute atomic E-state index is 0.519. The first-order valence-corrected chi connectivity index (χ1v) is 6.21. The van der Waals surface area contributed by atoms with Crippen molar-refractivity contribution in [2.24, 2.45) is 0 Å². The first-order valence-electron chi connectivity index (χ1n) is 5.83. The lowest BCUT2D eigenvalue weighted by Gasteiger charge is -2.10. The summed E-state index contributed by atoms with van der Waals surface area (Å²) in [5.41, 5.74) is 2.77. The van der Waals surface area contributed by atoms with Crippen molar-refractivity contribution in [3.05, 3.63) is 40.7 Å². The highest BCUT2D eigenvalue weighted by Crippen LogP contribution is 2.29. The van der Waals surface area contributed by atoms with Crippen molar-refractivity contribution in [1.29, 1.82) is 0 Å². The van der Waals surface area contributed by atoms with Crippen LogP contribution in [-0.2, 0) is 6.42 Å². The van der Waals surface area contributed by atoms with E-state index in [4.69, 9.17) is 16.3 Å². The molecule has 1 heterocycles. The summed E-state index contributed by atoms with van der Waals surface area (Å²) in [6.07, 6.45) is 0.830. The zero-order chi connectivity index (χ0) is 13.1. The number of ether oxygens (including phenoxy) is 1. The van der Waals surface area contributed by atoms with E-state index in [1.54, 1.807) is 7.11 Å². The van der Waals surface area contributed by atoms with E-state index in [9.17, 15) is 0 Å². The molecule has 18 heavy (non-hydrogen) atoms. The second kappa shape index (κ2) is 5.36. The van der Waals surface area contributed by atoms with Crippen LogP contribution in [0, 0.1) is 6.92 Å². The van der Waals surface area contributed by atoms with Gasteiger partial charge in [0.05, 0.1) is 12.7 Å². The molecule has 2 aromatic rings. The quantitative estimate of drug-likeness (QED) is 0.792. The first kappa shape index (κ1) is 12.8. The standard InChI is InChI=1S/C14H15ClN2O/c1-4-10-9(2)16-14(17-13(10)15)11-7-5-6-8-12(11)18-3/h5-8H,4H2,1-3H3. The number of benzene rings is 1. The summed E-state index contributed by atoms with van der Waals surface area (Å²) in [6.45, 7) is 3.99. The highest BCUT2D eigenvalue weighted by atomic mass is 35.5. The Hall–Kier alpha value is -1.61. The highest BCUT2D eigenvalue weighted by Gasteiger charge is 2.12. The molecule has 0 N–H and O–H groups in total. The van der Waals surface area contributed by atoms with Gasteiger partial charge in [-0.3, -0.25) is 0 Å². The minimum atomic E-state index is 0.519. The van der Waals surface area contributed by atoms with Gasteiger partial charge in [-0.1, -0.05) is 30.7 Å². The molecule has 1 aromatic carbocycles. The van der Waals surface area contributed by atoms with Crippen molar-refractivity contribution in [3.63, 3.8) is 0 Å². The van der Waals surface area contributed by atoms with Crippen LogP contribution in [0.15, 0.2) is 24.3 Å². The molecule has 4 heteroatoms. The van der Waals surface area contributed by atoms with Crippen LogP contribution in [0.5, 0.6) is 5.75 Å². The molecule has 2 rings (SSSR count). The van der Waals surface area contributed by atoms with Crippen LogP contribution in [-0.4, -0.2) is 17.1 Å². The van der Waals surface area contributed by atoms with Crippen LogP contribution >= 0.6 is 11.6 Å². The van der Waals surface area contributed by atoms with Gasteiger partial charge in [-0.15, -0.1) is 0 Å². The third-order valence-corrected chi connectivity index (χ3v) is 3.18. The predicted octanol–water partition coefficient (Wildman–Crippen LogP) is 3.68. The van der Waals surface area contributed by atoms with Gasteiger partial charge in [0.15, 0.2) is 5.82 Å². The van der Waals surface area contributed by atoms with Crippen LogP contribution in [0.2, 0.25) is 5.15 Å². The van der Waals surface area contributed by atoms with Gasteiger partial charge in [-0.25, -0.2) is 9.97 Å². The molecule has 94 valence electrons. The van der Waals surface area contributed by atoms with Gasteiger partial charge in [0.25, 0.3) is 0 Å². The Bertz CT molecular complexity index is 546. The molecule has 0 saturated heterocycles. The van der Waals surface area contributed by atoms with Crippen molar-refractivity contribution >= 4 is 11.6 Å². The Morgan fingerprint density at radius 3 is 2.56 bits per heavy atom. The topological polar surface area (TPSA) is 35.0 Å². The first-order chi connectivity index (χ1) is 8.67. The normalized spacial score (nSPS) is 10.4. The number of nitrogens with zero attached hydrogens (tertiary/aromatic N) is 2. The van der Waals surface area contributed by atoms with E-state index in [0.29, 0.717) is 11.0 Å². The van der Waals surface area contributed by atoms with E-state index in [2.05, 4.69) is 9.97 Å². The second-order valence-electron chi connectivity index (χ2n) is 3.96. The summed E-state index contributed by atoms with van der Waals surface area (Å²) in [5.74, 6) is 1.35. The summed E-state index contributed by atoms with van der Waals surface area (Å²) in [7, 11) is 1.63. The Morgan fingerprint density at radius 2 is 1.94 bits per heavy atom. The van der Waals surface area contributed by atoms with Crippen LogP contribution in [0.1, 0.15) is 18.2 Å². The minimum Gasteiger partial charge on any atom is -0.496 e. The van der Waals surface area contributed by atoms with E-state index >= 15 is 0 Å². The molecule has 0 aliphatic carbocycles. The fraction of sp³-hybridized carbons (Fsp3) is 0.286. The van der Waals surface area contributed by atoms with Gasteiger partial charge in [-0.2, -0.15) is 0 Å². The summed E-state index contributed by atoms with van der Waals surface area (Å²) in [5, 5.41) is 0.519. The van der Waals surface area contributed by atoms with E-state index in [1.165, 1.54) is 0 Å². The molecule has 0 radical (unpaired) electrons. The molecule has 0 aliphatic rings. The average Bonchev–Trinajstić information content (AvgIpc) is 2.38. The van der Waals surface area contributed by atoms with Gasteiger partial charge in [0, 0.05) is 11.3 Å². The molecule has 0 aliphatic heterocycles. The van der Waals surface area contributed by atoms with Crippen molar-refractivity contribution in [2.45, 2.75) is 20.3 Å². The van der Waals surface area contributed by atoms with Crippen molar-refractivity contribution in [2.75, 3.05) is 7.11 Å². The number of aryl methyl sites for hydroxylation is 1. The second-order valence-corrected chi connectivity index (χ2v) is 4.31. The van der Waals surface area contributed by atoms with E-state index in [1.807, 2.05) is 38.1 Å². The molecule has 0 saturated carbocycles. The molecule has 0 amide bonds. The van der Waals surface area contributed by atoms with E-state index < -0.39 is 0 Å². The van der Waals surface area contributed by atoms with Gasteiger partial charge >= 0.3 is 0 Å². The molecule has 0 unspecified atom stereocenters.